The molecule has 1 unspecified atom stereocenters. The summed E-state index contributed by atoms with van der Waals surface area (Å²) in [7, 11) is 0. The molecule has 2 heterocycles. The first-order valence-electron chi connectivity index (χ1n) is 8.70. The van der Waals surface area contributed by atoms with Crippen LogP contribution in [0, 0.1) is 6.92 Å². The van der Waals surface area contributed by atoms with Gasteiger partial charge in [-0.2, -0.15) is 5.10 Å². The zero-order valence-corrected chi connectivity index (χ0v) is 15.2. The number of aryl methyl sites for hydroxylation is 2. The summed E-state index contributed by atoms with van der Waals surface area (Å²) < 4.78 is 1.79. The molecule has 3 aromatic rings. The quantitative estimate of drug-likeness (QED) is 0.731. The van der Waals surface area contributed by atoms with Gasteiger partial charge in [-0.25, -0.2) is 9.48 Å². The SMILES string of the molecule is CCc1nccc(C)c1NC(=O)NC(C)c1cccc(-n2cccn2)c1. The molecule has 6 nitrogen and oxygen atoms in total. The van der Waals surface area contributed by atoms with Crippen molar-refractivity contribution in [3.05, 3.63) is 71.8 Å². The van der Waals surface area contributed by atoms with Gasteiger partial charge in [0.1, 0.15) is 0 Å². The van der Waals surface area contributed by atoms with Crippen molar-refractivity contribution in [1.29, 1.82) is 0 Å². The van der Waals surface area contributed by atoms with Crippen LogP contribution >= 0.6 is 0 Å². The van der Waals surface area contributed by atoms with Gasteiger partial charge in [-0.1, -0.05) is 19.1 Å². The standard InChI is InChI=1S/C20H23N5O/c1-4-18-19(14(2)9-11-21-18)24-20(26)23-15(3)16-7-5-8-17(13-16)25-12-6-10-22-25/h5-13,15H,4H2,1-3H3,(H2,23,24,26). The Balaban J connectivity index is 1.71. The average molecular weight is 349 g/mol. The first-order valence-corrected chi connectivity index (χ1v) is 8.70. The van der Waals surface area contributed by atoms with Gasteiger partial charge in [-0.15, -0.1) is 0 Å². The number of anilines is 1. The number of pyridine rings is 1. The number of urea groups is 1. The van der Waals surface area contributed by atoms with E-state index in [1.165, 1.54) is 0 Å². The van der Waals surface area contributed by atoms with E-state index in [9.17, 15) is 4.79 Å². The Morgan fingerprint density at radius 2 is 2.08 bits per heavy atom. The normalized spacial score (nSPS) is 11.8. The minimum absolute atomic E-state index is 0.146. The van der Waals surface area contributed by atoms with E-state index < -0.39 is 0 Å². The molecule has 0 saturated heterocycles. The van der Waals surface area contributed by atoms with E-state index in [0.29, 0.717) is 0 Å². The number of carbonyl (C=O) groups excluding carboxylic acids is 1. The molecular weight excluding hydrogens is 326 g/mol. The number of amides is 2. The van der Waals surface area contributed by atoms with E-state index in [-0.39, 0.29) is 12.1 Å². The van der Waals surface area contributed by atoms with Crippen molar-refractivity contribution in [2.24, 2.45) is 0 Å². The van der Waals surface area contributed by atoms with Crippen molar-refractivity contribution in [3.8, 4) is 5.69 Å². The molecule has 0 spiro atoms. The third kappa shape index (κ3) is 3.91. The van der Waals surface area contributed by atoms with Crippen LogP contribution in [-0.2, 0) is 6.42 Å². The van der Waals surface area contributed by atoms with E-state index in [2.05, 4.69) is 20.7 Å². The van der Waals surface area contributed by atoms with Crippen LogP contribution in [0.3, 0.4) is 0 Å². The number of rotatable bonds is 5. The number of carbonyl (C=O) groups is 1. The summed E-state index contributed by atoms with van der Waals surface area (Å²) in [6, 6.07) is 11.3. The summed E-state index contributed by atoms with van der Waals surface area (Å²) >= 11 is 0. The highest BCUT2D eigenvalue weighted by molar-refractivity contribution is 5.91. The topological polar surface area (TPSA) is 71.8 Å². The first kappa shape index (κ1) is 17.7. The van der Waals surface area contributed by atoms with Gasteiger partial charge >= 0.3 is 6.03 Å². The third-order valence-electron chi connectivity index (χ3n) is 4.30. The van der Waals surface area contributed by atoms with Gasteiger partial charge in [0.05, 0.1) is 23.1 Å². The van der Waals surface area contributed by atoms with Gasteiger partial charge in [0.2, 0.25) is 0 Å². The maximum atomic E-state index is 12.5. The Morgan fingerprint density at radius 3 is 2.81 bits per heavy atom. The number of benzene rings is 1. The molecule has 0 aliphatic heterocycles. The fourth-order valence-electron chi connectivity index (χ4n) is 2.84. The second-order valence-corrected chi connectivity index (χ2v) is 6.17. The molecule has 2 N–H and O–H groups in total. The molecule has 0 fully saturated rings. The predicted molar refractivity (Wildman–Crippen MR) is 102 cm³/mol. The highest BCUT2D eigenvalue weighted by atomic mass is 16.2. The Hall–Kier alpha value is -3.15. The third-order valence-corrected chi connectivity index (χ3v) is 4.30. The first-order chi connectivity index (χ1) is 12.6. The maximum absolute atomic E-state index is 12.5. The summed E-state index contributed by atoms with van der Waals surface area (Å²) in [5.74, 6) is 0. The fraction of sp³-hybridized carbons (Fsp3) is 0.250. The van der Waals surface area contributed by atoms with Gasteiger partial charge in [-0.05, 0) is 55.7 Å². The number of hydrogen-bond acceptors (Lipinski definition) is 3. The molecule has 0 aliphatic rings. The lowest BCUT2D eigenvalue weighted by molar-refractivity contribution is 0.249. The van der Waals surface area contributed by atoms with E-state index in [4.69, 9.17) is 0 Å². The van der Waals surface area contributed by atoms with E-state index >= 15 is 0 Å². The number of hydrogen-bond donors (Lipinski definition) is 2. The summed E-state index contributed by atoms with van der Waals surface area (Å²) in [4.78, 5) is 16.8. The van der Waals surface area contributed by atoms with Gasteiger partial charge in [-0.3, -0.25) is 4.98 Å². The number of aromatic nitrogens is 3. The predicted octanol–water partition coefficient (Wildman–Crippen LogP) is 4.02. The average Bonchev–Trinajstić information content (AvgIpc) is 3.18. The smallest absolute Gasteiger partial charge is 0.319 e. The summed E-state index contributed by atoms with van der Waals surface area (Å²) in [6.45, 7) is 5.94. The van der Waals surface area contributed by atoms with Gasteiger partial charge in [0.15, 0.2) is 0 Å². The molecule has 6 heteroatoms. The molecule has 2 aromatic heterocycles. The van der Waals surface area contributed by atoms with Crippen LogP contribution in [0.15, 0.2) is 55.0 Å². The van der Waals surface area contributed by atoms with E-state index in [1.54, 1.807) is 17.1 Å². The lowest BCUT2D eigenvalue weighted by atomic mass is 10.1. The number of nitrogens with one attached hydrogen (secondary N) is 2. The van der Waals surface area contributed by atoms with Crippen molar-refractivity contribution >= 4 is 11.7 Å². The number of nitrogens with zero attached hydrogens (tertiary/aromatic N) is 3. The van der Waals surface area contributed by atoms with E-state index in [1.807, 2.05) is 63.4 Å². The molecule has 1 aromatic carbocycles. The minimum atomic E-state index is -0.243. The van der Waals surface area contributed by atoms with Crippen LogP contribution in [-0.4, -0.2) is 20.8 Å². The largest absolute Gasteiger partial charge is 0.331 e. The Morgan fingerprint density at radius 1 is 1.23 bits per heavy atom. The van der Waals surface area contributed by atoms with Crippen LogP contribution in [0.4, 0.5) is 10.5 Å². The molecule has 2 amide bonds. The second-order valence-electron chi connectivity index (χ2n) is 6.17. The second kappa shape index (κ2) is 7.82. The monoisotopic (exact) mass is 349 g/mol. The summed E-state index contributed by atoms with van der Waals surface area (Å²) in [6.07, 6.45) is 6.16. The summed E-state index contributed by atoms with van der Waals surface area (Å²) in [5, 5.41) is 10.2. The summed E-state index contributed by atoms with van der Waals surface area (Å²) in [5.41, 5.74) is 4.63. The van der Waals surface area contributed by atoms with Crippen LogP contribution in [0.5, 0.6) is 0 Å². The minimum Gasteiger partial charge on any atom is -0.331 e. The molecule has 134 valence electrons. The molecule has 0 saturated carbocycles. The lowest BCUT2D eigenvalue weighted by Gasteiger charge is -2.18. The van der Waals surface area contributed by atoms with Crippen LogP contribution in [0.1, 0.15) is 36.7 Å². The maximum Gasteiger partial charge on any atom is 0.319 e. The zero-order chi connectivity index (χ0) is 18.5. The Bertz CT molecular complexity index is 889. The van der Waals surface area contributed by atoms with Crippen molar-refractivity contribution in [2.45, 2.75) is 33.2 Å². The van der Waals surface area contributed by atoms with Gasteiger partial charge in [0.25, 0.3) is 0 Å². The Labute approximate surface area is 153 Å². The fourth-order valence-corrected chi connectivity index (χ4v) is 2.84. The van der Waals surface area contributed by atoms with Crippen molar-refractivity contribution in [2.75, 3.05) is 5.32 Å². The molecule has 0 aliphatic carbocycles. The molecule has 26 heavy (non-hydrogen) atoms. The molecule has 0 bridgehead atoms. The van der Waals surface area contributed by atoms with Crippen molar-refractivity contribution < 1.29 is 4.79 Å². The highest BCUT2D eigenvalue weighted by Crippen LogP contribution is 2.20. The van der Waals surface area contributed by atoms with Gasteiger partial charge < -0.3 is 10.6 Å². The van der Waals surface area contributed by atoms with Gasteiger partial charge in [0, 0.05) is 18.6 Å². The van der Waals surface area contributed by atoms with Crippen LogP contribution < -0.4 is 10.6 Å². The zero-order valence-electron chi connectivity index (χ0n) is 15.2. The van der Waals surface area contributed by atoms with Crippen LogP contribution in [0.25, 0.3) is 5.69 Å². The molecule has 1 atom stereocenters. The van der Waals surface area contributed by atoms with Crippen LogP contribution in [0.2, 0.25) is 0 Å². The highest BCUT2D eigenvalue weighted by Gasteiger charge is 2.13. The van der Waals surface area contributed by atoms with Crippen molar-refractivity contribution in [3.63, 3.8) is 0 Å². The molecule has 0 radical (unpaired) electrons. The molecule has 3 rings (SSSR count). The van der Waals surface area contributed by atoms with Crippen molar-refractivity contribution in [1.82, 2.24) is 20.1 Å². The molecular formula is C20H23N5O. The lowest BCUT2D eigenvalue weighted by Crippen LogP contribution is -2.32. The Kier molecular flexibility index (Phi) is 5.31. The van der Waals surface area contributed by atoms with E-state index in [0.717, 1.165) is 34.6 Å².